The van der Waals surface area contributed by atoms with Crippen LogP contribution in [0.15, 0.2) is 30.3 Å². The molecule has 1 aromatic heterocycles. The predicted octanol–water partition coefficient (Wildman–Crippen LogP) is 4.46. The molecule has 1 aliphatic rings. The second-order valence-electron chi connectivity index (χ2n) is 6.20. The number of methoxy groups -OCH3 is 1. The Hall–Kier alpha value is -2.60. The Morgan fingerprint density at radius 1 is 1.22 bits per heavy atom. The van der Waals surface area contributed by atoms with Crippen LogP contribution in [-0.2, 0) is 22.4 Å². The fraction of sp³-hybridized carbons (Fsp3) is 0.333. The Morgan fingerprint density at radius 2 is 2.00 bits per heavy atom. The van der Waals surface area contributed by atoms with Gasteiger partial charge in [0.2, 0.25) is 5.91 Å². The van der Waals surface area contributed by atoms with E-state index in [1.807, 2.05) is 24.3 Å². The van der Waals surface area contributed by atoms with E-state index in [1.165, 1.54) is 22.3 Å². The van der Waals surface area contributed by atoms with Crippen LogP contribution in [0.4, 0.5) is 5.00 Å². The van der Waals surface area contributed by atoms with E-state index in [4.69, 9.17) is 9.47 Å². The van der Waals surface area contributed by atoms with E-state index in [2.05, 4.69) is 5.32 Å². The largest absolute Gasteiger partial charge is 0.496 e. The van der Waals surface area contributed by atoms with Crippen molar-refractivity contribution < 1.29 is 19.1 Å². The molecule has 0 saturated carbocycles. The van der Waals surface area contributed by atoms with Crippen LogP contribution in [0.1, 0.15) is 46.1 Å². The number of aryl methyl sites for hydroxylation is 1. The number of fused-ring (bicyclic) bond motifs is 1. The molecule has 3 rings (SSSR count). The Balaban J connectivity index is 1.82. The average molecular weight is 385 g/mol. The van der Waals surface area contributed by atoms with Crippen molar-refractivity contribution in [1.29, 1.82) is 0 Å². The SMILES string of the molecule is CCOC(=O)c1c(NC(=O)/C=C\c2ccccc2OC)sc2c1CCCC2. The number of hydrogen-bond donors (Lipinski definition) is 1. The second-order valence-corrected chi connectivity index (χ2v) is 7.31. The van der Waals surface area contributed by atoms with Crippen LogP contribution in [0.25, 0.3) is 6.08 Å². The summed E-state index contributed by atoms with van der Waals surface area (Å²) in [5.41, 5.74) is 2.37. The second kappa shape index (κ2) is 8.86. The van der Waals surface area contributed by atoms with Gasteiger partial charge in [0, 0.05) is 16.5 Å². The van der Waals surface area contributed by atoms with E-state index in [0.29, 0.717) is 22.9 Å². The Kier molecular flexibility index (Phi) is 6.29. The number of esters is 1. The molecule has 1 aromatic carbocycles. The lowest BCUT2D eigenvalue weighted by Crippen LogP contribution is -2.14. The van der Waals surface area contributed by atoms with Crippen molar-refractivity contribution in [2.75, 3.05) is 19.0 Å². The Bertz CT molecular complexity index is 869. The number of rotatable bonds is 6. The van der Waals surface area contributed by atoms with Crippen molar-refractivity contribution in [3.05, 3.63) is 51.9 Å². The zero-order valence-corrected chi connectivity index (χ0v) is 16.4. The summed E-state index contributed by atoms with van der Waals surface area (Å²) in [5, 5.41) is 3.44. The molecule has 1 N–H and O–H groups in total. The minimum Gasteiger partial charge on any atom is -0.496 e. The van der Waals surface area contributed by atoms with E-state index in [9.17, 15) is 9.59 Å². The standard InChI is InChI=1S/C21H23NO4S/c1-3-26-21(24)19-15-9-5-7-11-17(15)27-20(19)22-18(23)13-12-14-8-4-6-10-16(14)25-2/h4,6,8,10,12-13H,3,5,7,9,11H2,1-2H3,(H,22,23)/b13-12-. The zero-order valence-electron chi connectivity index (χ0n) is 15.5. The van der Waals surface area contributed by atoms with Crippen LogP contribution in [0, 0.1) is 0 Å². The molecule has 0 fully saturated rings. The minimum absolute atomic E-state index is 0.287. The number of benzene rings is 1. The molecule has 142 valence electrons. The quantitative estimate of drug-likeness (QED) is 0.589. The van der Waals surface area contributed by atoms with E-state index in [-0.39, 0.29) is 11.9 Å². The topological polar surface area (TPSA) is 64.6 Å². The smallest absolute Gasteiger partial charge is 0.341 e. The molecule has 0 aliphatic heterocycles. The third-order valence-electron chi connectivity index (χ3n) is 4.44. The highest BCUT2D eigenvalue weighted by atomic mass is 32.1. The molecule has 27 heavy (non-hydrogen) atoms. The van der Waals surface area contributed by atoms with Gasteiger partial charge in [-0.25, -0.2) is 4.79 Å². The number of ether oxygens (including phenoxy) is 2. The number of amides is 1. The number of carbonyl (C=O) groups excluding carboxylic acids is 2. The van der Waals surface area contributed by atoms with Crippen molar-refractivity contribution >= 4 is 34.3 Å². The summed E-state index contributed by atoms with van der Waals surface area (Å²) in [7, 11) is 1.59. The van der Waals surface area contributed by atoms with Gasteiger partial charge in [0.1, 0.15) is 10.8 Å². The summed E-state index contributed by atoms with van der Waals surface area (Å²) >= 11 is 1.48. The summed E-state index contributed by atoms with van der Waals surface area (Å²) in [5.74, 6) is 0.0475. The number of para-hydroxylation sites is 1. The van der Waals surface area contributed by atoms with Crippen LogP contribution in [0.5, 0.6) is 5.75 Å². The summed E-state index contributed by atoms with van der Waals surface area (Å²) in [6, 6.07) is 7.46. The van der Waals surface area contributed by atoms with Crippen molar-refractivity contribution in [1.82, 2.24) is 0 Å². The number of hydrogen-bond acceptors (Lipinski definition) is 5. The minimum atomic E-state index is -0.360. The molecule has 1 aliphatic carbocycles. The maximum atomic E-state index is 12.4. The third-order valence-corrected chi connectivity index (χ3v) is 5.65. The van der Waals surface area contributed by atoms with Gasteiger partial charge >= 0.3 is 5.97 Å². The summed E-state index contributed by atoms with van der Waals surface area (Å²) in [6.07, 6.45) is 7.11. The van der Waals surface area contributed by atoms with Gasteiger partial charge in [-0.2, -0.15) is 0 Å². The lowest BCUT2D eigenvalue weighted by Gasteiger charge is -2.12. The van der Waals surface area contributed by atoms with Gasteiger partial charge < -0.3 is 14.8 Å². The molecule has 0 atom stereocenters. The first-order valence-electron chi connectivity index (χ1n) is 9.07. The molecule has 0 bridgehead atoms. The van der Waals surface area contributed by atoms with Gasteiger partial charge in [-0.3, -0.25) is 4.79 Å². The molecule has 1 heterocycles. The molecule has 0 saturated heterocycles. The van der Waals surface area contributed by atoms with Gasteiger partial charge in [-0.05, 0) is 50.3 Å². The van der Waals surface area contributed by atoms with Crippen molar-refractivity contribution in [2.45, 2.75) is 32.6 Å². The Labute approximate surface area is 163 Å². The first kappa shape index (κ1) is 19.2. The molecule has 5 nitrogen and oxygen atoms in total. The first-order chi connectivity index (χ1) is 13.1. The maximum absolute atomic E-state index is 12.4. The molecule has 2 aromatic rings. The zero-order chi connectivity index (χ0) is 19.2. The Morgan fingerprint density at radius 3 is 2.78 bits per heavy atom. The van der Waals surface area contributed by atoms with Crippen molar-refractivity contribution in [2.24, 2.45) is 0 Å². The number of nitrogens with one attached hydrogen (secondary N) is 1. The fourth-order valence-electron chi connectivity index (χ4n) is 3.20. The number of anilines is 1. The van der Waals surface area contributed by atoms with Gasteiger partial charge in [0.25, 0.3) is 0 Å². The molecular formula is C21H23NO4S. The number of thiophene rings is 1. The van der Waals surface area contributed by atoms with E-state index in [0.717, 1.165) is 36.8 Å². The fourth-order valence-corrected chi connectivity index (χ4v) is 4.48. The summed E-state index contributed by atoms with van der Waals surface area (Å²) in [4.78, 5) is 26.1. The maximum Gasteiger partial charge on any atom is 0.341 e. The average Bonchev–Trinajstić information content (AvgIpc) is 3.04. The molecule has 0 radical (unpaired) electrons. The molecule has 0 unspecified atom stereocenters. The van der Waals surface area contributed by atoms with Gasteiger partial charge in [-0.1, -0.05) is 18.2 Å². The molecule has 1 amide bonds. The van der Waals surface area contributed by atoms with Gasteiger partial charge in [0.15, 0.2) is 0 Å². The van der Waals surface area contributed by atoms with E-state index < -0.39 is 0 Å². The molecule has 0 spiro atoms. The normalized spacial score (nSPS) is 13.3. The summed E-state index contributed by atoms with van der Waals surface area (Å²) in [6.45, 7) is 2.09. The number of carbonyl (C=O) groups is 2. The predicted molar refractivity (Wildman–Crippen MR) is 108 cm³/mol. The van der Waals surface area contributed by atoms with Gasteiger partial charge in [0.05, 0.1) is 19.3 Å². The lowest BCUT2D eigenvalue weighted by atomic mass is 9.95. The highest BCUT2D eigenvalue weighted by Crippen LogP contribution is 2.38. The molecule has 6 heteroatoms. The van der Waals surface area contributed by atoms with Crippen LogP contribution in [0.3, 0.4) is 0 Å². The van der Waals surface area contributed by atoms with E-state index >= 15 is 0 Å². The van der Waals surface area contributed by atoms with Crippen molar-refractivity contribution in [3.63, 3.8) is 0 Å². The van der Waals surface area contributed by atoms with Crippen LogP contribution in [-0.4, -0.2) is 25.6 Å². The monoisotopic (exact) mass is 385 g/mol. The van der Waals surface area contributed by atoms with E-state index in [1.54, 1.807) is 20.1 Å². The first-order valence-corrected chi connectivity index (χ1v) is 9.89. The lowest BCUT2D eigenvalue weighted by molar-refractivity contribution is -0.111. The van der Waals surface area contributed by atoms with Crippen LogP contribution < -0.4 is 10.1 Å². The van der Waals surface area contributed by atoms with Crippen molar-refractivity contribution in [3.8, 4) is 5.75 Å². The third kappa shape index (κ3) is 4.39. The summed E-state index contributed by atoms with van der Waals surface area (Å²) < 4.78 is 10.5. The molecular weight excluding hydrogens is 362 g/mol. The van der Waals surface area contributed by atoms with Gasteiger partial charge in [-0.15, -0.1) is 11.3 Å². The highest BCUT2D eigenvalue weighted by Gasteiger charge is 2.26. The van der Waals surface area contributed by atoms with Crippen LogP contribution >= 0.6 is 11.3 Å². The highest BCUT2D eigenvalue weighted by molar-refractivity contribution is 7.17. The van der Waals surface area contributed by atoms with Crippen LogP contribution in [0.2, 0.25) is 0 Å².